The Morgan fingerprint density at radius 2 is 2.25 bits per heavy atom. The van der Waals surface area contributed by atoms with Gasteiger partial charge in [-0.1, -0.05) is 0 Å². The SMILES string of the molecule is CCOc1nc(NC(C)CCc2ccco2)ccc1N. The second kappa shape index (κ2) is 6.84. The van der Waals surface area contributed by atoms with E-state index in [2.05, 4.69) is 17.2 Å². The van der Waals surface area contributed by atoms with Gasteiger partial charge in [0.2, 0.25) is 5.88 Å². The topological polar surface area (TPSA) is 73.3 Å². The van der Waals surface area contributed by atoms with E-state index in [0.717, 1.165) is 24.4 Å². The van der Waals surface area contributed by atoms with Crippen molar-refractivity contribution in [3.63, 3.8) is 0 Å². The molecule has 0 saturated carbocycles. The van der Waals surface area contributed by atoms with Crippen molar-refractivity contribution in [2.75, 3.05) is 17.7 Å². The molecule has 0 saturated heterocycles. The van der Waals surface area contributed by atoms with Gasteiger partial charge in [-0.3, -0.25) is 0 Å². The van der Waals surface area contributed by atoms with Gasteiger partial charge >= 0.3 is 0 Å². The summed E-state index contributed by atoms with van der Waals surface area (Å²) in [5.41, 5.74) is 6.36. The zero-order valence-electron chi connectivity index (χ0n) is 11.9. The molecule has 0 fully saturated rings. The van der Waals surface area contributed by atoms with Crippen LogP contribution >= 0.6 is 0 Å². The fourth-order valence-corrected chi connectivity index (χ4v) is 1.92. The molecule has 2 aromatic heterocycles. The van der Waals surface area contributed by atoms with Gasteiger partial charge in [-0.05, 0) is 44.5 Å². The van der Waals surface area contributed by atoms with Crippen molar-refractivity contribution in [3.05, 3.63) is 36.3 Å². The van der Waals surface area contributed by atoms with Crippen LogP contribution in [0.25, 0.3) is 0 Å². The molecule has 1 unspecified atom stereocenters. The first-order valence-electron chi connectivity index (χ1n) is 6.87. The lowest BCUT2D eigenvalue weighted by Crippen LogP contribution is -2.17. The van der Waals surface area contributed by atoms with Gasteiger partial charge < -0.3 is 20.2 Å². The maximum Gasteiger partial charge on any atom is 0.239 e. The van der Waals surface area contributed by atoms with Gasteiger partial charge in [0.05, 0.1) is 18.6 Å². The summed E-state index contributed by atoms with van der Waals surface area (Å²) in [7, 11) is 0. The van der Waals surface area contributed by atoms with Crippen LogP contribution in [-0.4, -0.2) is 17.6 Å². The van der Waals surface area contributed by atoms with E-state index in [1.807, 2.05) is 25.1 Å². The molecular formula is C15H21N3O2. The molecule has 0 bridgehead atoms. The highest BCUT2D eigenvalue weighted by atomic mass is 16.5. The standard InChI is InChI=1S/C15H21N3O2/c1-3-19-15-13(16)8-9-14(18-15)17-11(2)6-7-12-5-4-10-20-12/h4-5,8-11H,3,6-7,16H2,1-2H3,(H,17,18). The molecule has 5 nitrogen and oxygen atoms in total. The average molecular weight is 275 g/mol. The molecule has 0 aromatic carbocycles. The van der Waals surface area contributed by atoms with E-state index >= 15 is 0 Å². The highest BCUT2D eigenvalue weighted by Gasteiger charge is 2.08. The largest absolute Gasteiger partial charge is 0.476 e. The molecule has 0 spiro atoms. The summed E-state index contributed by atoms with van der Waals surface area (Å²) in [6.07, 6.45) is 3.56. The Labute approximate surface area is 119 Å². The number of pyridine rings is 1. The van der Waals surface area contributed by atoms with Crippen LogP contribution in [0.3, 0.4) is 0 Å². The van der Waals surface area contributed by atoms with Crippen LogP contribution < -0.4 is 15.8 Å². The summed E-state index contributed by atoms with van der Waals surface area (Å²) >= 11 is 0. The fraction of sp³-hybridized carbons (Fsp3) is 0.400. The van der Waals surface area contributed by atoms with E-state index in [1.54, 1.807) is 12.3 Å². The van der Waals surface area contributed by atoms with Crippen LogP contribution in [-0.2, 0) is 6.42 Å². The number of nitrogens with one attached hydrogen (secondary N) is 1. The third kappa shape index (κ3) is 3.91. The van der Waals surface area contributed by atoms with Crippen LogP contribution in [0.5, 0.6) is 5.88 Å². The number of aryl methyl sites for hydroxylation is 1. The number of rotatable bonds is 7. The summed E-state index contributed by atoms with van der Waals surface area (Å²) in [5, 5.41) is 3.34. The molecule has 1 atom stereocenters. The van der Waals surface area contributed by atoms with Gasteiger partial charge in [0, 0.05) is 12.5 Å². The van der Waals surface area contributed by atoms with Crippen molar-refractivity contribution >= 4 is 11.5 Å². The van der Waals surface area contributed by atoms with Crippen LogP contribution in [0, 0.1) is 0 Å². The molecule has 0 aliphatic carbocycles. The Hall–Kier alpha value is -2.17. The van der Waals surface area contributed by atoms with Crippen molar-refractivity contribution in [1.29, 1.82) is 0 Å². The molecule has 0 amide bonds. The first-order valence-corrected chi connectivity index (χ1v) is 6.87. The Morgan fingerprint density at radius 1 is 1.40 bits per heavy atom. The number of nitrogen functional groups attached to an aromatic ring is 1. The molecule has 2 rings (SSSR count). The van der Waals surface area contributed by atoms with Crippen molar-refractivity contribution in [3.8, 4) is 5.88 Å². The van der Waals surface area contributed by atoms with Crippen LogP contribution in [0.4, 0.5) is 11.5 Å². The molecule has 3 N–H and O–H groups in total. The van der Waals surface area contributed by atoms with Gasteiger partial charge in [-0.25, -0.2) is 0 Å². The van der Waals surface area contributed by atoms with E-state index in [-0.39, 0.29) is 6.04 Å². The number of nitrogens with two attached hydrogens (primary N) is 1. The molecule has 2 aromatic rings. The van der Waals surface area contributed by atoms with Gasteiger partial charge in [-0.2, -0.15) is 4.98 Å². The quantitative estimate of drug-likeness (QED) is 0.812. The van der Waals surface area contributed by atoms with E-state index in [9.17, 15) is 0 Å². The molecule has 20 heavy (non-hydrogen) atoms. The fourth-order valence-electron chi connectivity index (χ4n) is 1.92. The summed E-state index contributed by atoms with van der Waals surface area (Å²) < 4.78 is 10.7. The van der Waals surface area contributed by atoms with Crippen LogP contribution in [0.2, 0.25) is 0 Å². The highest BCUT2D eigenvalue weighted by molar-refractivity contribution is 5.53. The second-order valence-corrected chi connectivity index (χ2v) is 4.69. The molecular weight excluding hydrogens is 254 g/mol. The monoisotopic (exact) mass is 275 g/mol. The Morgan fingerprint density at radius 3 is 2.95 bits per heavy atom. The lowest BCUT2D eigenvalue weighted by Gasteiger charge is -2.15. The highest BCUT2D eigenvalue weighted by Crippen LogP contribution is 2.21. The summed E-state index contributed by atoms with van der Waals surface area (Å²) in [6.45, 7) is 4.57. The summed E-state index contributed by atoms with van der Waals surface area (Å²) in [4.78, 5) is 4.37. The number of hydrogen-bond donors (Lipinski definition) is 2. The third-order valence-corrected chi connectivity index (χ3v) is 2.97. The van der Waals surface area contributed by atoms with Gasteiger partial charge in [-0.15, -0.1) is 0 Å². The average Bonchev–Trinajstić information content (AvgIpc) is 2.94. The number of aromatic nitrogens is 1. The van der Waals surface area contributed by atoms with E-state index < -0.39 is 0 Å². The summed E-state index contributed by atoms with van der Waals surface area (Å²) in [6, 6.07) is 7.84. The minimum absolute atomic E-state index is 0.283. The molecule has 5 heteroatoms. The van der Waals surface area contributed by atoms with Gasteiger partial charge in [0.1, 0.15) is 11.6 Å². The Kier molecular flexibility index (Phi) is 4.87. The van der Waals surface area contributed by atoms with E-state index in [4.69, 9.17) is 14.9 Å². The smallest absolute Gasteiger partial charge is 0.239 e. The number of hydrogen-bond acceptors (Lipinski definition) is 5. The minimum Gasteiger partial charge on any atom is -0.476 e. The predicted molar refractivity (Wildman–Crippen MR) is 79.9 cm³/mol. The van der Waals surface area contributed by atoms with Gasteiger partial charge in [0.15, 0.2) is 0 Å². The first kappa shape index (κ1) is 14.2. The third-order valence-electron chi connectivity index (χ3n) is 2.97. The van der Waals surface area contributed by atoms with Crippen molar-refractivity contribution in [1.82, 2.24) is 4.98 Å². The summed E-state index contributed by atoms with van der Waals surface area (Å²) in [5.74, 6) is 2.25. The maximum atomic E-state index is 5.80. The van der Waals surface area contributed by atoms with Crippen LogP contribution in [0.1, 0.15) is 26.0 Å². The normalized spacial score (nSPS) is 12.1. The van der Waals surface area contributed by atoms with Gasteiger partial charge in [0.25, 0.3) is 0 Å². The zero-order chi connectivity index (χ0) is 14.4. The predicted octanol–water partition coefficient (Wildman–Crippen LogP) is 3.09. The van der Waals surface area contributed by atoms with Crippen LogP contribution in [0.15, 0.2) is 34.9 Å². The van der Waals surface area contributed by atoms with Crippen molar-refractivity contribution < 1.29 is 9.15 Å². The Balaban J connectivity index is 1.90. The van der Waals surface area contributed by atoms with Crippen molar-refractivity contribution in [2.45, 2.75) is 32.7 Å². The molecule has 108 valence electrons. The lowest BCUT2D eigenvalue weighted by molar-refractivity contribution is 0.329. The Bertz CT molecular complexity index is 526. The first-order chi connectivity index (χ1) is 9.69. The maximum absolute atomic E-state index is 5.80. The number of anilines is 2. The second-order valence-electron chi connectivity index (χ2n) is 4.69. The lowest BCUT2D eigenvalue weighted by atomic mass is 10.1. The van der Waals surface area contributed by atoms with E-state index in [1.165, 1.54) is 0 Å². The van der Waals surface area contributed by atoms with E-state index in [0.29, 0.717) is 18.2 Å². The number of furan rings is 1. The minimum atomic E-state index is 0.283. The molecule has 0 aliphatic heterocycles. The number of nitrogens with zero attached hydrogens (tertiary/aromatic N) is 1. The molecule has 0 radical (unpaired) electrons. The number of ether oxygens (including phenoxy) is 1. The molecule has 2 heterocycles. The molecule has 0 aliphatic rings. The zero-order valence-corrected chi connectivity index (χ0v) is 11.9. The van der Waals surface area contributed by atoms with Crippen molar-refractivity contribution in [2.24, 2.45) is 0 Å².